The molecule has 5 heteroatoms. The molecule has 5 nitrogen and oxygen atoms in total. The summed E-state index contributed by atoms with van der Waals surface area (Å²) in [6, 6.07) is 9.94. The number of nitrogens with one attached hydrogen (secondary N) is 2. The predicted molar refractivity (Wildman–Crippen MR) is 81.2 cm³/mol. The second kappa shape index (κ2) is 7.22. The van der Waals surface area contributed by atoms with Gasteiger partial charge in [-0.15, -0.1) is 0 Å². The fourth-order valence-corrected chi connectivity index (χ4v) is 2.35. The van der Waals surface area contributed by atoms with Crippen LogP contribution < -0.4 is 10.6 Å². The summed E-state index contributed by atoms with van der Waals surface area (Å²) in [6.07, 6.45) is 0.462. The van der Waals surface area contributed by atoms with Gasteiger partial charge >= 0.3 is 0 Å². The van der Waals surface area contributed by atoms with E-state index in [1.807, 2.05) is 30.3 Å². The van der Waals surface area contributed by atoms with Crippen molar-refractivity contribution in [2.24, 2.45) is 5.92 Å². The molecule has 0 spiro atoms. The quantitative estimate of drug-likeness (QED) is 0.853. The average Bonchev–Trinajstić information content (AvgIpc) is 2.48. The van der Waals surface area contributed by atoms with Crippen LogP contribution in [0.3, 0.4) is 0 Å². The first kappa shape index (κ1) is 15.5. The zero-order valence-corrected chi connectivity index (χ0v) is 12.6. The molecule has 1 fully saturated rings. The van der Waals surface area contributed by atoms with Crippen LogP contribution in [-0.2, 0) is 16.1 Å². The summed E-state index contributed by atoms with van der Waals surface area (Å²) >= 11 is 0. The lowest BCUT2D eigenvalue weighted by atomic mass is 9.99. The van der Waals surface area contributed by atoms with E-state index < -0.39 is 0 Å². The fourth-order valence-electron chi connectivity index (χ4n) is 2.35. The lowest BCUT2D eigenvalue weighted by Gasteiger charge is -2.34. The molecule has 2 N–H and O–H groups in total. The van der Waals surface area contributed by atoms with Crippen molar-refractivity contribution in [1.29, 1.82) is 0 Å². The van der Waals surface area contributed by atoms with E-state index >= 15 is 0 Å². The molecule has 1 aliphatic heterocycles. The maximum atomic E-state index is 12.0. The first-order valence-corrected chi connectivity index (χ1v) is 7.38. The Kier molecular flexibility index (Phi) is 5.33. The second-order valence-electron chi connectivity index (χ2n) is 5.77. The Bertz CT molecular complexity index is 488. The minimum absolute atomic E-state index is 0.0438. The van der Waals surface area contributed by atoms with Crippen molar-refractivity contribution in [2.75, 3.05) is 13.2 Å². The van der Waals surface area contributed by atoms with Crippen LogP contribution in [0.2, 0.25) is 0 Å². The summed E-state index contributed by atoms with van der Waals surface area (Å²) in [4.78, 5) is 25.5. The van der Waals surface area contributed by atoms with Crippen LogP contribution in [0.5, 0.6) is 0 Å². The van der Waals surface area contributed by atoms with Gasteiger partial charge in [-0.3, -0.25) is 14.9 Å². The first-order chi connectivity index (χ1) is 10.1. The SMILES string of the molecule is CC(C)C1CC(=O)N(CC(=O)NCc2ccccc2)CN1. The van der Waals surface area contributed by atoms with Gasteiger partial charge in [0, 0.05) is 19.0 Å². The number of carbonyl (C=O) groups excluding carboxylic acids is 2. The Balaban J connectivity index is 1.77. The zero-order chi connectivity index (χ0) is 15.2. The van der Waals surface area contributed by atoms with Crippen molar-refractivity contribution in [1.82, 2.24) is 15.5 Å². The zero-order valence-electron chi connectivity index (χ0n) is 12.6. The van der Waals surface area contributed by atoms with Gasteiger partial charge in [-0.05, 0) is 11.5 Å². The number of amides is 2. The highest BCUT2D eigenvalue weighted by molar-refractivity contribution is 5.85. The van der Waals surface area contributed by atoms with Gasteiger partial charge < -0.3 is 10.2 Å². The molecule has 1 aromatic carbocycles. The van der Waals surface area contributed by atoms with Gasteiger partial charge in [-0.25, -0.2) is 0 Å². The molecule has 1 aromatic rings. The highest BCUT2D eigenvalue weighted by Gasteiger charge is 2.27. The van der Waals surface area contributed by atoms with E-state index in [1.54, 1.807) is 4.90 Å². The van der Waals surface area contributed by atoms with E-state index in [-0.39, 0.29) is 24.4 Å². The molecule has 0 saturated carbocycles. The van der Waals surface area contributed by atoms with Gasteiger partial charge in [0.1, 0.15) is 6.54 Å². The summed E-state index contributed by atoms with van der Waals surface area (Å²) < 4.78 is 0. The van der Waals surface area contributed by atoms with Gasteiger partial charge in [-0.2, -0.15) is 0 Å². The van der Waals surface area contributed by atoms with Crippen LogP contribution >= 0.6 is 0 Å². The molecule has 0 aromatic heterocycles. The Morgan fingerprint density at radius 1 is 1.38 bits per heavy atom. The molecule has 1 aliphatic rings. The number of benzene rings is 1. The Morgan fingerprint density at radius 2 is 2.10 bits per heavy atom. The molecule has 0 bridgehead atoms. The Morgan fingerprint density at radius 3 is 2.71 bits per heavy atom. The van der Waals surface area contributed by atoms with Crippen molar-refractivity contribution >= 4 is 11.8 Å². The van der Waals surface area contributed by atoms with Crippen molar-refractivity contribution in [3.63, 3.8) is 0 Å². The van der Waals surface area contributed by atoms with Gasteiger partial charge in [0.05, 0.1) is 6.67 Å². The molecule has 1 heterocycles. The van der Waals surface area contributed by atoms with E-state index in [2.05, 4.69) is 24.5 Å². The molecule has 2 amide bonds. The molecule has 1 atom stereocenters. The average molecular weight is 289 g/mol. The Hall–Kier alpha value is -1.88. The molecular formula is C16H23N3O2. The third-order valence-corrected chi connectivity index (χ3v) is 3.76. The minimum atomic E-state index is -0.128. The van der Waals surface area contributed by atoms with Crippen molar-refractivity contribution in [3.05, 3.63) is 35.9 Å². The molecule has 1 unspecified atom stereocenters. The number of hydrogen-bond acceptors (Lipinski definition) is 3. The maximum absolute atomic E-state index is 12.0. The highest BCUT2D eigenvalue weighted by atomic mass is 16.2. The topological polar surface area (TPSA) is 61.4 Å². The minimum Gasteiger partial charge on any atom is -0.350 e. The third-order valence-electron chi connectivity index (χ3n) is 3.76. The number of rotatable bonds is 5. The smallest absolute Gasteiger partial charge is 0.239 e. The lowest BCUT2D eigenvalue weighted by molar-refractivity contribution is -0.139. The van der Waals surface area contributed by atoms with Crippen LogP contribution in [-0.4, -0.2) is 36.0 Å². The van der Waals surface area contributed by atoms with E-state index in [0.717, 1.165) is 5.56 Å². The van der Waals surface area contributed by atoms with Crippen molar-refractivity contribution < 1.29 is 9.59 Å². The monoisotopic (exact) mass is 289 g/mol. The summed E-state index contributed by atoms with van der Waals surface area (Å²) in [5, 5.41) is 6.14. The van der Waals surface area contributed by atoms with Crippen LogP contribution in [0.4, 0.5) is 0 Å². The maximum Gasteiger partial charge on any atom is 0.239 e. The number of nitrogens with zero attached hydrogens (tertiary/aromatic N) is 1. The first-order valence-electron chi connectivity index (χ1n) is 7.38. The molecule has 2 rings (SSSR count). The van der Waals surface area contributed by atoms with Crippen LogP contribution in [0.25, 0.3) is 0 Å². The number of hydrogen-bond donors (Lipinski definition) is 2. The van der Waals surface area contributed by atoms with Crippen LogP contribution in [0.15, 0.2) is 30.3 Å². The van der Waals surface area contributed by atoms with Gasteiger partial charge in [0.25, 0.3) is 0 Å². The summed E-state index contributed by atoms with van der Waals surface area (Å²) in [5.74, 6) is 0.335. The van der Waals surface area contributed by atoms with E-state index in [1.165, 1.54) is 0 Å². The molecule has 0 aliphatic carbocycles. The van der Waals surface area contributed by atoms with Crippen molar-refractivity contribution in [3.8, 4) is 0 Å². The molecule has 1 saturated heterocycles. The normalized spacial score (nSPS) is 18.9. The number of carbonyl (C=O) groups is 2. The predicted octanol–water partition coefficient (Wildman–Crippen LogP) is 1.11. The van der Waals surface area contributed by atoms with Crippen molar-refractivity contribution in [2.45, 2.75) is 32.9 Å². The van der Waals surface area contributed by atoms with E-state index in [9.17, 15) is 9.59 Å². The van der Waals surface area contributed by atoms with Gasteiger partial charge in [0.2, 0.25) is 11.8 Å². The van der Waals surface area contributed by atoms with Gasteiger partial charge in [-0.1, -0.05) is 44.2 Å². The highest BCUT2D eigenvalue weighted by Crippen LogP contribution is 2.12. The molecular weight excluding hydrogens is 266 g/mol. The Labute approximate surface area is 125 Å². The summed E-state index contributed by atoms with van der Waals surface area (Å²) in [6.45, 7) is 5.23. The van der Waals surface area contributed by atoms with Gasteiger partial charge in [0.15, 0.2) is 0 Å². The summed E-state index contributed by atoms with van der Waals surface area (Å²) in [5.41, 5.74) is 1.05. The van der Waals surface area contributed by atoms with Crippen LogP contribution in [0, 0.1) is 5.92 Å². The molecule has 0 radical (unpaired) electrons. The van der Waals surface area contributed by atoms with Crippen LogP contribution in [0.1, 0.15) is 25.8 Å². The molecule has 114 valence electrons. The standard InChI is InChI=1S/C16H23N3O2/c1-12(2)14-8-16(21)19(11-18-14)10-15(20)17-9-13-6-4-3-5-7-13/h3-7,12,14,18H,8-11H2,1-2H3,(H,17,20). The molecule has 21 heavy (non-hydrogen) atoms. The third kappa shape index (κ3) is 4.56. The lowest BCUT2D eigenvalue weighted by Crippen LogP contribution is -2.54. The fraction of sp³-hybridized carbons (Fsp3) is 0.500. The summed E-state index contributed by atoms with van der Waals surface area (Å²) in [7, 11) is 0. The van der Waals surface area contributed by atoms with E-state index in [0.29, 0.717) is 25.6 Å². The second-order valence-corrected chi connectivity index (χ2v) is 5.77. The largest absolute Gasteiger partial charge is 0.350 e. The van der Waals surface area contributed by atoms with E-state index in [4.69, 9.17) is 0 Å².